The maximum atomic E-state index is 11.7. The Bertz CT molecular complexity index is 472. The van der Waals surface area contributed by atoms with Crippen LogP contribution in [-0.4, -0.2) is 12.0 Å². The van der Waals surface area contributed by atoms with Gasteiger partial charge in [-0.25, -0.2) is 0 Å². The number of Topliss-reactive ketones (excluding diaryl/α,β-unsaturated/α-hetero) is 1. The molecule has 0 fully saturated rings. The average Bonchev–Trinajstić information content (AvgIpc) is 2.59. The minimum atomic E-state index is -0.156. The van der Waals surface area contributed by atoms with Crippen molar-refractivity contribution >= 4 is 23.3 Å². The van der Waals surface area contributed by atoms with Crippen LogP contribution in [0.2, 0.25) is 0 Å². The van der Waals surface area contributed by atoms with Crippen molar-refractivity contribution in [3.63, 3.8) is 0 Å². The third kappa shape index (κ3) is 1.81. The monoisotopic (exact) mass is 200 g/mol. The lowest BCUT2D eigenvalue weighted by Crippen LogP contribution is -2.10. The van der Waals surface area contributed by atoms with Gasteiger partial charge in [-0.05, 0) is 18.6 Å². The molecule has 1 heterocycles. The molecule has 1 aromatic carbocycles. The highest BCUT2D eigenvalue weighted by Crippen LogP contribution is 2.32. The van der Waals surface area contributed by atoms with Crippen molar-refractivity contribution in [2.45, 2.75) is 13.3 Å². The van der Waals surface area contributed by atoms with Gasteiger partial charge in [0.15, 0.2) is 0 Å². The predicted molar refractivity (Wildman–Crippen MR) is 56.8 cm³/mol. The fraction of sp³-hybridized carbons (Fsp3) is 0.167. The van der Waals surface area contributed by atoms with E-state index in [4.69, 9.17) is 0 Å². The molecule has 1 aromatic rings. The van der Waals surface area contributed by atoms with Crippen LogP contribution in [0.15, 0.2) is 35.0 Å². The summed E-state index contributed by atoms with van der Waals surface area (Å²) in [6.07, 6.45) is 1.49. The van der Waals surface area contributed by atoms with E-state index in [1.54, 1.807) is 0 Å². The van der Waals surface area contributed by atoms with Crippen molar-refractivity contribution < 1.29 is 9.90 Å². The van der Waals surface area contributed by atoms with Crippen molar-refractivity contribution in [2.75, 3.05) is 0 Å². The Morgan fingerprint density at radius 2 is 2.13 bits per heavy atom. The van der Waals surface area contributed by atoms with Crippen molar-refractivity contribution in [3.8, 4) is 0 Å². The number of aliphatic imine (C=N–C) groups is 1. The van der Waals surface area contributed by atoms with Crippen LogP contribution in [0.1, 0.15) is 18.9 Å². The number of hydrogen-bond acceptors (Lipinski definition) is 3. The number of rotatable bonds is 2. The van der Waals surface area contributed by atoms with E-state index in [1.165, 1.54) is 13.1 Å². The summed E-state index contributed by atoms with van der Waals surface area (Å²) in [7, 11) is 0. The standard InChI is InChI=1S/C12H11NO2/c1-8(14)6-12(15)10-7-13-11-5-3-2-4-9(10)11/h2-5,7,15H,6H2,1H3/p-1. The normalized spacial score (nSPS) is 16.3. The summed E-state index contributed by atoms with van der Waals surface area (Å²) in [5.74, 6) is -0.276. The van der Waals surface area contributed by atoms with Crippen LogP contribution in [0.25, 0.3) is 5.57 Å². The molecule has 0 bridgehead atoms. The summed E-state index contributed by atoms with van der Waals surface area (Å²) in [5.41, 5.74) is 2.16. The molecule has 76 valence electrons. The van der Waals surface area contributed by atoms with Gasteiger partial charge in [0.2, 0.25) is 0 Å². The van der Waals surface area contributed by atoms with Crippen molar-refractivity contribution in [3.05, 3.63) is 35.6 Å². The fourth-order valence-corrected chi connectivity index (χ4v) is 1.56. The second kappa shape index (κ2) is 3.69. The van der Waals surface area contributed by atoms with Crippen molar-refractivity contribution in [1.82, 2.24) is 0 Å². The molecule has 0 saturated heterocycles. The molecule has 3 heteroatoms. The quantitative estimate of drug-likeness (QED) is 0.678. The van der Waals surface area contributed by atoms with Crippen molar-refractivity contribution in [2.24, 2.45) is 4.99 Å². The Kier molecular flexibility index (Phi) is 2.37. The van der Waals surface area contributed by atoms with Crippen LogP contribution in [0.4, 0.5) is 5.69 Å². The lowest BCUT2D eigenvalue weighted by molar-refractivity contribution is -0.303. The minimum absolute atomic E-state index is 0.0459. The van der Waals surface area contributed by atoms with Gasteiger partial charge in [-0.1, -0.05) is 18.2 Å². The first-order valence-corrected chi connectivity index (χ1v) is 4.71. The van der Waals surface area contributed by atoms with Gasteiger partial charge in [-0.15, -0.1) is 5.76 Å². The van der Waals surface area contributed by atoms with E-state index in [0.717, 1.165) is 11.3 Å². The van der Waals surface area contributed by atoms with Gasteiger partial charge in [-0.3, -0.25) is 9.79 Å². The Labute approximate surface area is 87.8 Å². The highest BCUT2D eigenvalue weighted by Gasteiger charge is 2.11. The summed E-state index contributed by atoms with van der Waals surface area (Å²) in [6, 6.07) is 7.42. The second-order valence-corrected chi connectivity index (χ2v) is 3.49. The number of benzene rings is 1. The molecular formula is C12H10NO2-. The molecule has 0 aromatic heterocycles. The number of ketones is 1. The Morgan fingerprint density at radius 3 is 2.87 bits per heavy atom. The molecule has 1 aliphatic rings. The van der Waals surface area contributed by atoms with Gasteiger partial charge >= 0.3 is 0 Å². The van der Waals surface area contributed by atoms with Crippen LogP contribution < -0.4 is 5.11 Å². The zero-order chi connectivity index (χ0) is 10.8. The summed E-state index contributed by atoms with van der Waals surface area (Å²) < 4.78 is 0. The maximum absolute atomic E-state index is 11.7. The molecule has 0 unspecified atom stereocenters. The van der Waals surface area contributed by atoms with Gasteiger partial charge in [0.1, 0.15) is 5.78 Å². The molecule has 3 nitrogen and oxygen atoms in total. The lowest BCUT2D eigenvalue weighted by atomic mass is 10.0. The van der Waals surface area contributed by atoms with Crippen LogP contribution in [-0.2, 0) is 4.79 Å². The van der Waals surface area contributed by atoms with E-state index in [1.807, 2.05) is 24.3 Å². The Hall–Kier alpha value is -1.90. The number of hydrogen-bond donors (Lipinski definition) is 0. The van der Waals surface area contributed by atoms with E-state index in [2.05, 4.69) is 4.99 Å². The molecule has 0 radical (unpaired) electrons. The highest BCUT2D eigenvalue weighted by atomic mass is 16.3. The summed E-state index contributed by atoms with van der Waals surface area (Å²) in [5, 5.41) is 11.7. The van der Waals surface area contributed by atoms with E-state index in [0.29, 0.717) is 5.57 Å². The highest BCUT2D eigenvalue weighted by molar-refractivity contribution is 6.17. The number of carbonyl (C=O) groups is 1. The smallest absolute Gasteiger partial charge is 0.132 e. The van der Waals surface area contributed by atoms with Gasteiger partial charge in [-0.2, -0.15) is 0 Å². The number of carbonyl (C=O) groups excluding carboxylic acids is 1. The van der Waals surface area contributed by atoms with E-state index >= 15 is 0 Å². The topological polar surface area (TPSA) is 52.5 Å². The largest absolute Gasteiger partial charge is 0.875 e. The van der Waals surface area contributed by atoms with Gasteiger partial charge in [0.05, 0.1) is 5.69 Å². The summed E-state index contributed by atoms with van der Waals surface area (Å²) >= 11 is 0. The molecule has 0 aliphatic carbocycles. The first-order valence-electron chi connectivity index (χ1n) is 4.71. The zero-order valence-electron chi connectivity index (χ0n) is 8.36. The second-order valence-electron chi connectivity index (χ2n) is 3.49. The predicted octanol–water partition coefficient (Wildman–Crippen LogP) is 1.45. The van der Waals surface area contributed by atoms with Gasteiger partial charge in [0.25, 0.3) is 0 Å². The van der Waals surface area contributed by atoms with Crippen LogP contribution in [0.5, 0.6) is 0 Å². The zero-order valence-corrected chi connectivity index (χ0v) is 8.36. The van der Waals surface area contributed by atoms with E-state index in [9.17, 15) is 9.90 Å². The number of para-hydroxylation sites is 1. The van der Waals surface area contributed by atoms with Crippen LogP contribution >= 0.6 is 0 Å². The average molecular weight is 200 g/mol. The molecule has 15 heavy (non-hydrogen) atoms. The molecule has 1 aliphatic heterocycles. The first-order chi connectivity index (χ1) is 7.18. The summed E-state index contributed by atoms with van der Waals surface area (Å²) in [6.45, 7) is 1.41. The molecule has 0 N–H and O–H groups in total. The maximum Gasteiger partial charge on any atom is 0.132 e. The SMILES string of the molecule is CC(=O)CC([O-])=C1C=Nc2ccccc21. The third-order valence-corrected chi connectivity index (χ3v) is 2.24. The van der Waals surface area contributed by atoms with Crippen molar-refractivity contribution in [1.29, 1.82) is 0 Å². The molecule has 0 saturated carbocycles. The molecule has 0 amide bonds. The van der Waals surface area contributed by atoms with Crippen LogP contribution in [0.3, 0.4) is 0 Å². The molecular weight excluding hydrogens is 190 g/mol. The number of fused-ring (bicyclic) bond motifs is 1. The van der Waals surface area contributed by atoms with Gasteiger partial charge in [0, 0.05) is 18.2 Å². The number of nitrogens with zero attached hydrogens (tertiary/aromatic N) is 1. The third-order valence-electron chi connectivity index (χ3n) is 2.24. The minimum Gasteiger partial charge on any atom is -0.875 e. The van der Waals surface area contributed by atoms with Crippen LogP contribution in [0, 0.1) is 0 Å². The molecule has 2 rings (SSSR count). The Morgan fingerprint density at radius 1 is 1.40 bits per heavy atom. The first kappa shape index (κ1) is 9.65. The lowest BCUT2D eigenvalue weighted by Gasteiger charge is -2.13. The number of allylic oxidation sites excluding steroid dienone is 2. The molecule has 0 spiro atoms. The van der Waals surface area contributed by atoms with E-state index < -0.39 is 0 Å². The summed E-state index contributed by atoms with van der Waals surface area (Å²) in [4.78, 5) is 15.0. The van der Waals surface area contributed by atoms with E-state index in [-0.39, 0.29) is 18.0 Å². The molecule has 0 atom stereocenters. The van der Waals surface area contributed by atoms with Gasteiger partial charge < -0.3 is 5.11 Å². The Balaban J connectivity index is 2.42. The fourth-order valence-electron chi connectivity index (χ4n) is 1.56.